The SMILES string of the molecule is O=C(N/N=C\c1c(O)n(-c2cccc(C(F)(F)F)c2)c(=S)[nH]c1=O)c1ccccc1. The van der Waals surface area contributed by atoms with Crippen LogP contribution in [-0.2, 0) is 6.18 Å². The zero-order valence-electron chi connectivity index (χ0n) is 15.0. The van der Waals surface area contributed by atoms with Gasteiger partial charge in [0.2, 0.25) is 5.88 Å². The number of aromatic amines is 1. The van der Waals surface area contributed by atoms with Crippen LogP contribution < -0.4 is 11.0 Å². The number of aromatic hydroxyl groups is 1. The number of rotatable bonds is 4. The average molecular weight is 434 g/mol. The number of hydrazone groups is 1. The van der Waals surface area contributed by atoms with E-state index in [0.29, 0.717) is 5.56 Å². The van der Waals surface area contributed by atoms with Gasteiger partial charge in [0.25, 0.3) is 11.5 Å². The fraction of sp³-hybridized carbons (Fsp3) is 0.0526. The summed E-state index contributed by atoms with van der Waals surface area (Å²) in [6.45, 7) is 0. The molecule has 0 aliphatic carbocycles. The highest BCUT2D eigenvalue weighted by molar-refractivity contribution is 7.71. The van der Waals surface area contributed by atoms with Crippen molar-refractivity contribution in [2.24, 2.45) is 5.10 Å². The Labute approximate surface area is 172 Å². The van der Waals surface area contributed by atoms with Gasteiger partial charge in [-0.1, -0.05) is 24.3 Å². The van der Waals surface area contributed by atoms with Crippen molar-refractivity contribution in [3.05, 3.63) is 86.4 Å². The molecule has 0 saturated carbocycles. The zero-order chi connectivity index (χ0) is 21.9. The molecule has 30 heavy (non-hydrogen) atoms. The largest absolute Gasteiger partial charge is 0.494 e. The van der Waals surface area contributed by atoms with E-state index in [1.165, 1.54) is 6.07 Å². The number of alkyl halides is 3. The highest BCUT2D eigenvalue weighted by Gasteiger charge is 2.30. The van der Waals surface area contributed by atoms with Crippen LogP contribution in [0.1, 0.15) is 21.5 Å². The fourth-order valence-electron chi connectivity index (χ4n) is 2.53. The van der Waals surface area contributed by atoms with E-state index in [0.717, 1.165) is 29.0 Å². The van der Waals surface area contributed by atoms with E-state index >= 15 is 0 Å². The molecule has 1 aromatic heterocycles. The monoisotopic (exact) mass is 434 g/mol. The summed E-state index contributed by atoms with van der Waals surface area (Å²) < 4.78 is 39.5. The predicted octanol–water partition coefficient (Wildman–Crippen LogP) is 3.38. The lowest BCUT2D eigenvalue weighted by Crippen LogP contribution is -2.21. The molecular weight excluding hydrogens is 421 g/mol. The van der Waals surface area contributed by atoms with Crippen molar-refractivity contribution in [1.82, 2.24) is 15.0 Å². The molecule has 1 amide bonds. The van der Waals surface area contributed by atoms with E-state index in [1.807, 2.05) is 0 Å². The molecule has 154 valence electrons. The van der Waals surface area contributed by atoms with Gasteiger partial charge in [0, 0.05) is 5.56 Å². The van der Waals surface area contributed by atoms with Crippen LogP contribution in [0.5, 0.6) is 5.88 Å². The number of carbonyl (C=O) groups is 1. The van der Waals surface area contributed by atoms with Crippen molar-refractivity contribution in [2.75, 3.05) is 0 Å². The van der Waals surface area contributed by atoms with E-state index in [1.54, 1.807) is 30.3 Å². The normalized spacial score (nSPS) is 11.6. The smallest absolute Gasteiger partial charge is 0.416 e. The maximum absolute atomic E-state index is 13.0. The molecule has 0 radical (unpaired) electrons. The number of benzene rings is 2. The van der Waals surface area contributed by atoms with Gasteiger partial charge in [-0.25, -0.2) is 5.43 Å². The molecule has 0 bridgehead atoms. The molecule has 1 heterocycles. The van der Waals surface area contributed by atoms with E-state index in [-0.39, 0.29) is 10.5 Å². The average Bonchev–Trinajstić information content (AvgIpc) is 2.70. The number of halogens is 3. The lowest BCUT2D eigenvalue weighted by Gasteiger charge is -2.13. The number of aromatic nitrogens is 2. The van der Waals surface area contributed by atoms with Crippen LogP contribution in [0.4, 0.5) is 13.2 Å². The summed E-state index contributed by atoms with van der Waals surface area (Å²) in [5.41, 5.74) is 0.178. The predicted molar refractivity (Wildman–Crippen MR) is 105 cm³/mol. The minimum atomic E-state index is -4.61. The van der Waals surface area contributed by atoms with Gasteiger partial charge in [-0.05, 0) is 42.5 Å². The van der Waals surface area contributed by atoms with Crippen molar-refractivity contribution in [3.63, 3.8) is 0 Å². The number of hydrogen-bond donors (Lipinski definition) is 3. The summed E-state index contributed by atoms with van der Waals surface area (Å²) in [6.07, 6.45) is -3.74. The summed E-state index contributed by atoms with van der Waals surface area (Å²) in [7, 11) is 0. The van der Waals surface area contributed by atoms with Gasteiger partial charge in [-0.3, -0.25) is 19.1 Å². The molecule has 0 atom stereocenters. The number of amides is 1. The summed E-state index contributed by atoms with van der Waals surface area (Å²) >= 11 is 4.98. The van der Waals surface area contributed by atoms with Crippen molar-refractivity contribution < 1.29 is 23.1 Å². The molecule has 3 rings (SSSR count). The van der Waals surface area contributed by atoms with Crippen LogP contribution in [0.25, 0.3) is 5.69 Å². The maximum atomic E-state index is 13.0. The fourth-order valence-corrected chi connectivity index (χ4v) is 2.81. The van der Waals surface area contributed by atoms with Gasteiger partial charge < -0.3 is 5.11 Å². The second-order valence-corrected chi connectivity index (χ2v) is 6.33. The molecule has 0 aliphatic heterocycles. The third-order valence-electron chi connectivity index (χ3n) is 3.95. The number of H-pyrrole nitrogens is 1. The number of carbonyl (C=O) groups excluding carboxylic acids is 1. The number of nitrogens with one attached hydrogen (secondary N) is 2. The first-order valence-corrected chi connectivity index (χ1v) is 8.73. The van der Waals surface area contributed by atoms with Crippen molar-refractivity contribution in [1.29, 1.82) is 0 Å². The Morgan fingerprint density at radius 1 is 1.17 bits per heavy atom. The molecule has 0 aliphatic rings. The molecular formula is C19H13F3N4O3S. The summed E-state index contributed by atoms with van der Waals surface area (Å²) in [4.78, 5) is 26.4. The van der Waals surface area contributed by atoms with Gasteiger partial charge in [-0.2, -0.15) is 18.3 Å². The van der Waals surface area contributed by atoms with Crippen LogP contribution in [0, 0.1) is 4.77 Å². The minimum Gasteiger partial charge on any atom is -0.494 e. The van der Waals surface area contributed by atoms with Crippen molar-refractivity contribution in [2.45, 2.75) is 6.18 Å². The van der Waals surface area contributed by atoms with Gasteiger partial charge in [0.05, 0.1) is 17.5 Å². The first-order valence-electron chi connectivity index (χ1n) is 8.33. The third-order valence-corrected chi connectivity index (χ3v) is 4.23. The molecule has 11 heteroatoms. The quantitative estimate of drug-likeness (QED) is 0.333. The van der Waals surface area contributed by atoms with Crippen LogP contribution in [0.15, 0.2) is 64.5 Å². The van der Waals surface area contributed by atoms with Crippen molar-refractivity contribution >= 4 is 24.3 Å². The second-order valence-electron chi connectivity index (χ2n) is 5.95. The Kier molecular flexibility index (Phi) is 5.83. The summed E-state index contributed by atoms with van der Waals surface area (Å²) in [5, 5.41) is 14.1. The van der Waals surface area contributed by atoms with Gasteiger partial charge in [0.1, 0.15) is 5.56 Å². The molecule has 0 unspecified atom stereocenters. The minimum absolute atomic E-state index is 0.119. The van der Waals surface area contributed by atoms with Gasteiger partial charge in [0.15, 0.2) is 4.77 Å². The van der Waals surface area contributed by atoms with Crippen LogP contribution in [-0.4, -0.2) is 26.8 Å². The molecule has 2 aromatic carbocycles. The Bertz CT molecular complexity index is 1230. The molecule has 7 nitrogen and oxygen atoms in total. The highest BCUT2D eigenvalue weighted by atomic mass is 32.1. The number of nitrogens with zero attached hydrogens (tertiary/aromatic N) is 2. The van der Waals surface area contributed by atoms with Crippen molar-refractivity contribution in [3.8, 4) is 11.6 Å². The van der Waals surface area contributed by atoms with E-state index in [4.69, 9.17) is 12.2 Å². The Hall–Kier alpha value is -3.73. The Morgan fingerprint density at radius 2 is 1.87 bits per heavy atom. The standard InChI is InChI=1S/C19H13F3N4O3S/c20-19(21,22)12-7-4-8-13(9-12)26-17(29)14(16(28)24-18(26)30)10-23-25-15(27)11-5-2-1-3-6-11/h1-10,29H,(H,25,27)(H,24,28,30)/b23-10-. The summed E-state index contributed by atoms with van der Waals surface area (Å²) in [6, 6.07) is 12.2. The Balaban J connectivity index is 1.97. The molecule has 3 N–H and O–H groups in total. The third kappa shape index (κ3) is 4.46. The van der Waals surface area contributed by atoms with Crippen LogP contribution >= 0.6 is 12.2 Å². The molecule has 0 saturated heterocycles. The van der Waals surface area contributed by atoms with Crippen LogP contribution in [0.3, 0.4) is 0 Å². The zero-order valence-corrected chi connectivity index (χ0v) is 15.8. The molecule has 0 fully saturated rings. The topological polar surface area (TPSA) is 99.5 Å². The number of hydrogen-bond acceptors (Lipinski definition) is 5. The maximum Gasteiger partial charge on any atom is 0.416 e. The van der Waals surface area contributed by atoms with Gasteiger partial charge in [-0.15, -0.1) is 0 Å². The Morgan fingerprint density at radius 3 is 2.53 bits per heavy atom. The highest BCUT2D eigenvalue weighted by Crippen LogP contribution is 2.31. The first kappa shape index (κ1) is 21.0. The molecule has 3 aromatic rings. The second kappa shape index (κ2) is 8.33. The van der Waals surface area contributed by atoms with E-state index in [9.17, 15) is 27.9 Å². The van der Waals surface area contributed by atoms with E-state index < -0.39 is 34.6 Å². The lowest BCUT2D eigenvalue weighted by molar-refractivity contribution is -0.137. The summed E-state index contributed by atoms with van der Waals surface area (Å²) in [5.74, 6) is -1.30. The molecule has 0 spiro atoms. The van der Waals surface area contributed by atoms with Crippen LogP contribution in [0.2, 0.25) is 0 Å². The lowest BCUT2D eigenvalue weighted by atomic mass is 10.2. The van der Waals surface area contributed by atoms with E-state index in [2.05, 4.69) is 15.5 Å². The first-order chi connectivity index (χ1) is 14.2. The van der Waals surface area contributed by atoms with Gasteiger partial charge >= 0.3 is 6.18 Å².